The number of hydrogen-bond donors (Lipinski definition) is 0. The predicted octanol–water partition coefficient (Wildman–Crippen LogP) is 5.42. The molecule has 0 saturated carbocycles. The minimum Gasteiger partial charge on any atom is -0.207 e. The van der Waals surface area contributed by atoms with Crippen molar-refractivity contribution in [3.63, 3.8) is 0 Å². The van der Waals surface area contributed by atoms with E-state index in [1.165, 1.54) is 35.2 Å². The van der Waals surface area contributed by atoms with E-state index in [9.17, 15) is 4.39 Å². The van der Waals surface area contributed by atoms with Gasteiger partial charge in [-0.25, -0.2) is 4.39 Å². The number of allylic oxidation sites excluding steroid dienone is 1. The van der Waals surface area contributed by atoms with Gasteiger partial charge in [0.25, 0.3) is 0 Å². The lowest BCUT2D eigenvalue weighted by Gasteiger charge is -2.03. The monoisotopic (exact) mass is 268 g/mol. The first-order chi connectivity index (χ1) is 9.78. The molecule has 0 bridgehead atoms. The van der Waals surface area contributed by atoms with Crippen molar-refractivity contribution >= 4 is 6.08 Å². The van der Waals surface area contributed by atoms with Crippen LogP contribution in [0.4, 0.5) is 4.39 Å². The van der Waals surface area contributed by atoms with E-state index in [-0.39, 0.29) is 5.82 Å². The average molecular weight is 268 g/mol. The topological polar surface area (TPSA) is 0 Å². The molecule has 0 amide bonds. The number of hydrogen-bond acceptors (Lipinski definition) is 0. The van der Waals surface area contributed by atoms with Crippen LogP contribution in [-0.4, -0.2) is 0 Å². The SMILES string of the molecule is CCCC=Cc1ccc(CCc2ccc(F)cc2)cc1. The van der Waals surface area contributed by atoms with Crippen LogP contribution in [0.15, 0.2) is 54.6 Å². The van der Waals surface area contributed by atoms with Crippen molar-refractivity contribution in [1.29, 1.82) is 0 Å². The van der Waals surface area contributed by atoms with Crippen LogP contribution in [0.3, 0.4) is 0 Å². The summed E-state index contributed by atoms with van der Waals surface area (Å²) in [5.41, 5.74) is 3.75. The van der Waals surface area contributed by atoms with E-state index in [1.54, 1.807) is 0 Å². The fraction of sp³-hybridized carbons (Fsp3) is 0.263. The van der Waals surface area contributed by atoms with Gasteiger partial charge in [0.1, 0.15) is 5.82 Å². The third kappa shape index (κ3) is 4.65. The molecule has 2 aromatic rings. The van der Waals surface area contributed by atoms with Crippen LogP contribution in [0.25, 0.3) is 6.08 Å². The minimum absolute atomic E-state index is 0.169. The molecule has 0 fully saturated rings. The number of benzene rings is 2. The standard InChI is InChI=1S/C19H21F/c1-2-3-4-5-16-6-8-17(9-7-16)10-11-18-12-14-19(20)15-13-18/h4-9,12-15H,2-3,10-11H2,1H3. The first-order valence-electron chi connectivity index (χ1n) is 7.28. The minimum atomic E-state index is -0.169. The summed E-state index contributed by atoms with van der Waals surface area (Å²) in [5, 5.41) is 0. The first-order valence-corrected chi connectivity index (χ1v) is 7.28. The molecular formula is C19H21F. The first kappa shape index (κ1) is 14.5. The van der Waals surface area contributed by atoms with Gasteiger partial charge in [-0.05, 0) is 48.1 Å². The fourth-order valence-electron chi connectivity index (χ4n) is 2.12. The second-order valence-corrected chi connectivity index (χ2v) is 5.06. The summed E-state index contributed by atoms with van der Waals surface area (Å²) >= 11 is 0. The average Bonchev–Trinajstić information content (AvgIpc) is 2.48. The summed E-state index contributed by atoms with van der Waals surface area (Å²) in [6, 6.07) is 15.4. The molecule has 0 nitrogen and oxygen atoms in total. The number of rotatable bonds is 6. The molecule has 0 aliphatic rings. The summed E-state index contributed by atoms with van der Waals surface area (Å²) < 4.78 is 12.8. The Morgan fingerprint density at radius 3 is 1.95 bits per heavy atom. The van der Waals surface area contributed by atoms with Crippen LogP contribution in [0.1, 0.15) is 36.5 Å². The molecule has 2 aromatic carbocycles. The molecular weight excluding hydrogens is 247 g/mol. The van der Waals surface area contributed by atoms with E-state index in [4.69, 9.17) is 0 Å². The highest BCUT2D eigenvalue weighted by atomic mass is 19.1. The molecule has 0 aliphatic heterocycles. The highest BCUT2D eigenvalue weighted by Crippen LogP contribution is 2.11. The van der Waals surface area contributed by atoms with Gasteiger partial charge in [-0.2, -0.15) is 0 Å². The van der Waals surface area contributed by atoms with Gasteiger partial charge >= 0.3 is 0 Å². The second kappa shape index (κ2) is 7.64. The molecule has 0 heterocycles. The molecule has 0 aromatic heterocycles. The molecule has 0 N–H and O–H groups in total. The largest absolute Gasteiger partial charge is 0.207 e. The van der Waals surface area contributed by atoms with Gasteiger partial charge in [0.15, 0.2) is 0 Å². The number of unbranched alkanes of at least 4 members (excludes halogenated alkanes) is 1. The maximum atomic E-state index is 12.8. The van der Waals surface area contributed by atoms with Gasteiger partial charge in [-0.3, -0.25) is 0 Å². The molecule has 0 atom stereocenters. The Bertz CT molecular complexity index is 535. The van der Waals surface area contributed by atoms with Crippen molar-refractivity contribution in [3.8, 4) is 0 Å². The van der Waals surface area contributed by atoms with Crippen molar-refractivity contribution in [1.82, 2.24) is 0 Å². The van der Waals surface area contributed by atoms with Gasteiger partial charge in [-0.1, -0.05) is 61.9 Å². The summed E-state index contributed by atoms with van der Waals surface area (Å²) in [6.07, 6.45) is 8.65. The third-order valence-corrected chi connectivity index (χ3v) is 3.36. The van der Waals surface area contributed by atoms with Crippen molar-refractivity contribution in [2.24, 2.45) is 0 Å². The zero-order valence-corrected chi connectivity index (χ0v) is 12.0. The lowest BCUT2D eigenvalue weighted by molar-refractivity contribution is 0.627. The van der Waals surface area contributed by atoms with E-state index in [0.717, 1.165) is 19.3 Å². The Morgan fingerprint density at radius 2 is 1.40 bits per heavy atom. The molecule has 0 saturated heterocycles. The maximum Gasteiger partial charge on any atom is 0.123 e. The van der Waals surface area contributed by atoms with Crippen LogP contribution in [0, 0.1) is 5.82 Å². The molecule has 0 radical (unpaired) electrons. The van der Waals surface area contributed by atoms with E-state index in [0.29, 0.717) is 0 Å². The fourth-order valence-corrected chi connectivity index (χ4v) is 2.12. The zero-order chi connectivity index (χ0) is 14.2. The maximum absolute atomic E-state index is 12.8. The van der Waals surface area contributed by atoms with Gasteiger partial charge in [-0.15, -0.1) is 0 Å². The molecule has 1 heteroatoms. The van der Waals surface area contributed by atoms with Gasteiger partial charge < -0.3 is 0 Å². The highest BCUT2D eigenvalue weighted by Gasteiger charge is 1.97. The molecule has 0 spiro atoms. The number of halogens is 1. The van der Waals surface area contributed by atoms with Crippen LogP contribution in [0.5, 0.6) is 0 Å². The highest BCUT2D eigenvalue weighted by molar-refractivity contribution is 5.49. The molecule has 0 aliphatic carbocycles. The van der Waals surface area contributed by atoms with Crippen molar-refractivity contribution in [2.45, 2.75) is 32.6 Å². The summed E-state index contributed by atoms with van der Waals surface area (Å²) in [7, 11) is 0. The molecule has 20 heavy (non-hydrogen) atoms. The van der Waals surface area contributed by atoms with E-state index >= 15 is 0 Å². The van der Waals surface area contributed by atoms with Gasteiger partial charge in [0.2, 0.25) is 0 Å². The number of aryl methyl sites for hydroxylation is 2. The van der Waals surface area contributed by atoms with Crippen molar-refractivity contribution in [2.75, 3.05) is 0 Å². The molecule has 2 rings (SSSR count). The lowest BCUT2D eigenvalue weighted by Crippen LogP contribution is -1.91. The van der Waals surface area contributed by atoms with E-state index < -0.39 is 0 Å². The normalized spacial score (nSPS) is 11.1. The van der Waals surface area contributed by atoms with Crippen LogP contribution >= 0.6 is 0 Å². The predicted molar refractivity (Wildman–Crippen MR) is 84.2 cm³/mol. The second-order valence-electron chi connectivity index (χ2n) is 5.06. The zero-order valence-electron chi connectivity index (χ0n) is 12.0. The Labute approximate surface area is 121 Å². The van der Waals surface area contributed by atoms with Crippen LogP contribution in [-0.2, 0) is 12.8 Å². The molecule has 0 unspecified atom stereocenters. The Kier molecular flexibility index (Phi) is 5.55. The van der Waals surface area contributed by atoms with Gasteiger partial charge in [0, 0.05) is 0 Å². The van der Waals surface area contributed by atoms with E-state index in [1.807, 2.05) is 12.1 Å². The van der Waals surface area contributed by atoms with Crippen molar-refractivity contribution in [3.05, 3.63) is 77.1 Å². The third-order valence-electron chi connectivity index (χ3n) is 3.36. The molecule has 104 valence electrons. The Morgan fingerprint density at radius 1 is 0.850 bits per heavy atom. The van der Waals surface area contributed by atoms with Crippen LogP contribution < -0.4 is 0 Å². The van der Waals surface area contributed by atoms with Crippen LogP contribution in [0.2, 0.25) is 0 Å². The Hall–Kier alpha value is -1.89. The summed E-state index contributed by atoms with van der Waals surface area (Å²) in [6.45, 7) is 2.18. The quantitative estimate of drug-likeness (QED) is 0.656. The Balaban J connectivity index is 1.89. The lowest BCUT2D eigenvalue weighted by atomic mass is 10.0. The van der Waals surface area contributed by atoms with E-state index in [2.05, 4.69) is 43.3 Å². The summed E-state index contributed by atoms with van der Waals surface area (Å²) in [5.74, 6) is -0.169. The summed E-state index contributed by atoms with van der Waals surface area (Å²) in [4.78, 5) is 0. The van der Waals surface area contributed by atoms with Crippen molar-refractivity contribution < 1.29 is 4.39 Å². The van der Waals surface area contributed by atoms with Gasteiger partial charge in [0.05, 0.1) is 0 Å². The smallest absolute Gasteiger partial charge is 0.123 e.